The normalized spacial score (nSPS) is 24.6. The number of amides is 3. The van der Waals surface area contributed by atoms with Crippen molar-refractivity contribution in [2.75, 3.05) is 18.5 Å². The molecule has 47 heavy (non-hydrogen) atoms. The molecule has 2 heterocycles. The van der Waals surface area contributed by atoms with Crippen molar-refractivity contribution in [2.24, 2.45) is 23.7 Å². The van der Waals surface area contributed by atoms with Crippen LogP contribution in [0.3, 0.4) is 0 Å². The molecule has 3 atom stereocenters. The van der Waals surface area contributed by atoms with Gasteiger partial charge in [0.05, 0.1) is 6.04 Å². The smallest absolute Gasteiger partial charge is 0.407 e. The molecule has 1 saturated heterocycles. The summed E-state index contributed by atoms with van der Waals surface area (Å²) in [6.45, 7) is 7.02. The van der Waals surface area contributed by atoms with Gasteiger partial charge in [-0.3, -0.25) is 9.59 Å². The van der Waals surface area contributed by atoms with E-state index < -0.39 is 36.4 Å². The molecule has 3 fully saturated rings. The van der Waals surface area contributed by atoms with Gasteiger partial charge in [-0.25, -0.2) is 14.0 Å². The maximum atomic E-state index is 14.2. The van der Waals surface area contributed by atoms with Crippen molar-refractivity contribution >= 4 is 40.5 Å². The van der Waals surface area contributed by atoms with Crippen molar-refractivity contribution in [2.45, 2.75) is 116 Å². The summed E-state index contributed by atoms with van der Waals surface area (Å²) in [7, 11) is 0. The fourth-order valence-electron chi connectivity index (χ4n) is 8.29. The van der Waals surface area contributed by atoms with Crippen LogP contribution in [0.15, 0.2) is 18.2 Å². The van der Waals surface area contributed by atoms with E-state index in [4.69, 9.17) is 4.74 Å². The van der Waals surface area contributed by atoms with Gasteiger partial charge in [0.1, 0.15) is 24.0 Å². The Morgan fingerprint density at radius 3 is 2.36 bits per heavy atom. The molecule has 1 aliphatic heterocycles. The van der Waals surface area contributed by atoms with Gasteiger partial charge in [-0.1, -0.05) is 39.0 Å². The Balaban J connectivity index is 1.30. The van der Waals surface area contributed by atoms with Crippen LogP contribution in [-0.2, 0) is 20.7 Å². The van der Waals surface area contributed by atoms with E-state index in [-0.39, 0.29) is 35.3 Å². The molecule has 5 rings (SSSR count). The number of aromatic amines is 1. The summed E-state index contributed by atoms with van der Waals surface area (Å²) < 4.78 is 19.4. The van der Waals surface area contributed by atoms with Gasteiger partial charge < -0.3 is 30.4 Å². The zero-order chi connectivity index (χ0) is 33.9. The molecule has 0 unspecified atom stereocenters. The van der Waals surface area contributed by atoms with Crippen molar-refractivity contribution in [1.82, 2.24) is 15.2 Å². The Kier molecular flexibility index (Phi) is 10.8. The fraction of sp³-hybridized carbons (Fsp3) is 0.667. The molecule has 2 aliphatic carbocycles. The monoisotopic (exact) mass is 654 g/mol. The number of fused-ring (bicyclic) bond motifs is 1. The molecule has 1 aromatic heterocycles. The summed E-state index contributed by atoms with van der Waals surface area (Å²) >= 11 is 0. The average Bonchev–Trinajstić information content (AvgIpc) is 3.65. The van der Waals surface area contributed by atoms with Crippen LogP contribution in [0.25, 0.3) is 10.9 Å². The molecule has 2 aromatic rings. The van der Waals surface area contributed by atoms with Crippen LogP contribution >= 0.6 is 0 Å². The number of carbonyl (C=O) groups excluding carboxylic acids is 3. The Bertz CT molecular complexity index is 1450. The third-order valence-corrected chi connectivity index (χ3v) is 10.6. The molecule has 3 amide bonds. The maximum Gasteiger partial charge on any atom is 0.407 e. The van der Waals surface area contributed by atoms with E-state index in [2.05, 4.69) is 15.6 Å². The topological polar surface area (TPSA) is 141 Å². The van der Waals surface area contributed by atoms with E-state index in [1.54, 1.807) is 37.8 Å². The summed E-state index contributed by atoms with van der Waals surface area (Å²) in [6.07, 6.45) is 8.62. The second-order valence-electron chi connectivity index (χ2n) is 14.7. The first-order valence-corrected chi connectivity index (χ1v) is 17.4. The minimum absolute atomic E-state index is 0.0146. The van der Waals surface area contributed by atoms with Crippen LogP contribution in [-0.4, -0.2) is 69.8 Å². The third kappa shape index (κ3) is 7.92. The van der Waals surface area contributed by atoms with Gasteiger partial charge in [0.2, 0.25) is 11.8 Å². The number of nitrogens with one attached hydrogen (secondary N) is 3. The minimum atomic E-state index is -1.02. The van der Waals surface area contributed by atoms with Crippen LogP contribution in [0, 0.1) is 23.7 Å². The summed E-state index contributed by atoms with van der Waals surface area (Å²) in [5, 5.41) is 16.2. The summed E-state index contributed by atoms with van der Waals surface area (Å²) in [5.74, 6) is -1.13. The number of nitrogens with zero attached hydrogens (tertiary/aromatic N) is 1. The number of aryl methyl sites for hydroxylation is 1. The number of aromatic nitrogens is 1. The van der Waals surface area contributed by atoms with Crippen LogP contribution in [0.4, 0.5) is 14.9 Å². The number of likely N-dealkylation sites (tertiary alicyclic amines) is 1. The highest BCUT2D eigenvalue weighted by molar-refractivity contribution is 6.02. The Morgan fingerprint density at radius 2 is 1.74 bits per heavy atom. The van der Waals surface area contributed by atoms with Gasteiger partial charge in [-0.15, -0.1) is 0 Å². The molecule has 258 valence electrons. The van der Waals surface area contributed by atoms with Crippen molar-refractivity contribution in [3.63, 3.8) is 0 Å². The molecule has 10 nitrogen and oxygen atoms in total. The van der Waals surface area contributed by atoms with Crippen molar-refractivity contribution in [3.05, 3.63) is 29.5 Å². The Labute approximate surface area is 276 Å². The lowest BCUT2D eigenvalue weighted by Gasteiger charge is -2.37. The third-order valence-electron chi connectivity index (χ3n) is 10.6. The highest BCUT2D eigenvalue weighted by Crippen LogP contribution is 2.41. The van der Waals surface area contributed by atoms with Gasteiger partial charge >= 0.3 is 12.1 Å². The summed E-state index contributed by atoms with van der Waals surface area (Å²) in [6, 6.07) is 4.12. The number of alkyl carbamates (subject to hydrolysis) is 1. The van der Waals surface area contributed by atoms with E-state index >= 15 is 0 Å². The molecule has 4 N–H and O–H groups in total. The Hall–Kier alpha value is -3.63. The highest BCUT2D eigenvalue weighted by Gasteiger charge is 2.47. The number of aromatic carboxylic acids is 1. The number of halogens is 1. The number of carboxylic acid groups (broad SMARTS) is 1. The summed E-state index contributed by atoms with van der Waals surface area (Å²) in [4.78, 5) is 57.1. The number of benzene rings is 1. The molecule has 0 bridgehead atoms. The first-order chi connectivity index (χ1) is 22.4. The highest BCUT2D eigenvalue weighted by atomic mass is 19.1. The molecule has 0 spiro atoms. The van der Waals surface area contributed by atoms with Gasteiger partial charge in [0.25, 0.3) is 0 Å². The maximum absolute atomic E-state index is 14.2. The molecular formula is C36H51FN4O6. The zero-order valence-electron chi connectivity index (χ0n) is 28.2. The van der Waals surface area contributed by atoms with Gasteiger partial charge in [0, 0.05) is 29.1 Å². The lowest BCUT2D eigenvalue weighted by Crippen LogP contribution is -2.50. The second kappa shape index (κ2) is 14.6. The first kappa shape index (κ1) is 34.7. The standard InChI is InChI=1S/C36H51FN4O6/c1-5-25-27-19-24(15-16-28(27)39-30(25)34(44)45)38-32(42)31-26(21-9-7-6-8-10-21)17-18-41(31)33(43)23-13-11-22(12-14-23)29(20-37)40-35(46)47-36(2,3)4/h15-16,19,21-23,26,29,31,39H,5-14,17-18,20H2,1-4H3,(H,38,42)(H,40,46)(H,44,45)/t22?,23?,26-,29+,31-/m0/s1. The molecule has 3 aliphatic rings. The lowest BCUT2D eigenvalue weighted by molar-refractivity contribution is -0.142. The van der Waals surface area contributed by atoms with Gasteiger partial charge in [0.15, 0.2) is 0 Å². The predicted molar refractivity (Wildman–Crippen MR) is 178 cm³/mol. The number of anilines is 1. The zero-order valence-corrected chi connectivity index (χ0v) is 28.2. The number of hydrogen-bond acceptors (Lipinski definition) is 5. The molecule has 1 aromatic carbocycles. The minimum Gasteiger partial charge on any atom is -0.477 e. The van der Waals surface area contributed by atoms with Crippen LogP contribution in [0.1, 0.15) is 108 Å². The quantitative estimate of drug-likeness (QED) is 0.234. The van der Waals surface area contributed by atoms with E-state index in [0.29, 0.717) is 61.3 Å². The van der Waals surface area contributed by atoms with E-state index in [1.807, 2.05) is 13.0 Å². The van der Waals surface area contributed by atoms with Crippen LogP contribution in [0.2, 0.25) is 0 Å². The molecule has 2 saturated carbocycles. The van der Waals surface area contributed by atoms with E-state index in [1.165, 1.54) is 6.42 Å². The molecule has 0 radical (unpaired) electrons. The molecular weight excluding hydrogens is 603 g/mol. The number of carbonyl (C=O) groups is 4. The SMILES string of the molecule is CCc1c(C(=O)O)[nH]c2ccc(NC(=O)[C@@H]3[C@H](C4CCCCC4)CCN3C(=O)C3CCC([C@@H](CF)NC(=O)OC(C)(C)C)CC3)cc12. The average molecular weight is 655 g/mol. The number of alkyl halides is 1. The number of carboxylic acids is 1. The van der Waals surface area contributed by atoms with Crippen molar-refractivity contribution in [1.29, 1.82) is 0 Å². The predicted octanol–water partition coefficient (Wildman–Crippen LogP) is 6.83. The van der Waals surface area contributed by atoms with Gasteiger partial charge in [-0.05, 0) is 101 Å². The summed E-state index contributed by atoms with van der Waals surface area (Å²) in [5.41, 5.74) is 1.43. The van der Waals surface area contributed by atoms with Crippen molar-refractivity contribution in [3.8, 4) is 0 Å². The largest absolute Gasteiger partial charge is 0.477 e. The second-order valence-corrected chi connectivity index (χ2v) is 14.7. The lowest BCUT2D eigenvalue weighted by atomic mass is 9.76. The number of rotatable bonds is 9. The fourth-order valence-corrected chi connectivity index (χ4v) is 8.29. The molecule has 11 heteroatoms. The number of H-pyrrole nitrogens is 1. The number of hydrogen-bond donors (Lipinski definition) is 4. The van der Waals surface area contributed by atoms with Crippen LogP contribution in [0.5, 0.6) is 0 Å². The Morgan fingerprint density at radius 1 is 1.04 bits per heavy atom. The van der Waals surface area contributed by atoms with Crippen LogP contribution < -0.4 is 10.6 Å². The van der Waals surface area contributed by atoms with E-state index in [0.717, 1.165) is 37.5 Å². The first-order valence-electron chi connectivity index (χ1n) is 17.4. The number of ether oxygens (including phenoxy) is 1. The van der Waals surface area contributed by atoms with Gasteiger partial charge in [-0.2, -0.15) is 0 Å². The van der Waals surface area contributed by atoms with Crippen molar-refractivity contribution < 1.29 is 33.4 Å². The van der Waals surface area contributed by atoms with E-state index in [9.17, 15) is 28.7 Å².